The Hall–Kier alpha value is -2.65. The molecule has 0 spiro atoms. The Morgan fingerprint density at radius 2 is 1.87 bits per heavy atom. The van der Waals surface area contributed by atoms with E-state index in [2.05, 4.69) is 68.2 Å². The maximum Gasteiger partial charge on any atom is 0.258 e. The molecular weight excluding hydrogens is 416 g/mol. The molecule has 1 N–H and O–H groups in total. The van der Waals surface area contributed by atoms with Crippen LogP contribution in [-0.2, 0) is 0 Å². The molecule has 0 saturated heterocycles. The molecule has 156 valence electrons. The number of hydrogen-bond donors (Lipinski definition) is 1. The van der Waals surface area contributed by atoms with Gasteiger partial charge in [0, 0.05) is 27.3 Å². The van der Waals surface area contributed by atoms with Crippen LogP contribution in [-0.4, -0.2) is 30.9 Å². The summed E-state index contributed by atoms with van der Waals surface area (Å²) in [5, 5.41) is 17.8. The van der Waals surface area contributed by atoms with E-state index < -0.39 is 0 Å². The largest absolute Gasteiger partial charge is 0.296 e. The molecule has 7 nitrogen and oxygen atoms in total. The lowest BCUT2D eigenvalue weighted by Gasteiger charge is -2.10. The predicted molar refractivity (Wildman–Crippen MR) is 123 cm³/mol. The van der Waals surface area contributed by atoms with E-state index >= 15 is 0 Å². The molecule has 30 heavy (non-hydrogen) atoms. The molecule has 0 aliphatic carbocycles. The Kier molecular flexibility index (Phi) is 5.42. The van der Waals surface area contributed by atoms with E-state index in [1.165, 1.54) is 21.1 Å². The molecule has 0 atom stereocenters. The molecule has 1 amide bonds. The molecule has 4 aromatic heterocycles. The van der Waals surface area contributed by atoms with Gasteiger partial charge in [-0.2, -0.15) is 5.10 Å². The molecule has 0 saturated carbocycles. The van der Waals surface area contributed by atoms with Gasteiger partial charge in [0.05, 0.1) is 22.8 Å². The first-order chi connectivity index (χ1) is 14.2. The maximum atomic E-state index is 13.2. The molecule has 4 aromatic rings. The van der Waals surface area contributed by atoms with E-state index in [0.29, 0.717) is 16.3 Å². The van der Waals surface area contributed by atoms with Crippen molar-refractivity contribution in [3.8, 4) is 11.3 Å². The number of aromatic nitrogens is 5. The van der Waals surface area contributed by atoms with Crippen molar-refractivity contribution in [1.29, 1.82) is 0 Å². The third-order valence-electron chi connectivity index (χ3n) is 4.77. The van der Waals surface area contributed by atoms with Crippen LogP contribution in [0.15, 0.2) is 18.3 Å². The minimum Gasteiger partial charge on any atom is -0.296 e. The summed E-state index contributed by atoms with van der Waals surface area (Å²) in [5.74, 6) is 0.0319. The lowest BCUT2D eigenvalue weighted by atomic mass is 10.1. The zero-order chi connectivity index (χ0) is 21.6. The van der Waals surface area contributed by atoms with Gasteiger partial charge in [-0.3, -0.25) is 10.1 Å². The molecule has 0 fully saturated rings. The van der Waals surface area contributed by atoms with Crippen LogP contribution in [0.4, 0.5) is 5.13 Å². The van der Waals surface area contributed by atoms with Gasteiger partial charge in [0.15, 0.2) is 5.65 Å². The monoisotopic (exact) mass is 440 g/mol. The second-order valence-electron chi connectivity index (χ2n) is 7.86. The van der Waals surface area contributed by atoms with Crippen LogP contribution < -0.4 is 5.32 Å². The zero-order valence-corrected chi connectivity index (χ0v) is 19.5. The summed E-state index contributed by atoms with van der Waals surface area (Å²) in [4.78, 5) is 20.5. The smallest absolute Gasteiger partial charge is 0.258 e. The Balaban J connectivity index is 1.82. The van der Waals surface area contributed by atoms with Crippen LogP contribution in [0.25, 0.3) is 22.3 Å². The highest BCUT2D eigenvalue weighted by atomic mass is 32.1. The summed E-state index contributed by atoms with van der Waals surface area (Å²) in [6.07, 6.45) is 1.71. The first kappa shape index (κ1) is 20.6. The van der Waals surface area contributed by atoms with Crippen LogP contribution in [0.5, 0.6) is 0 Å². The van der Waals surface area contributed by atoms with Gasteiger partial charge < -0.3 is 0 Å². The molecule has 4 heterocycles. The van der Waals surface area contributed by atoms with Crippen molar-refractivity contribution in [2.24, 2.45) is 0 Å². The van der Waals surface area contributed by atoms with Crippen LogP contribution in [0.3, 0.4) is 0 Å². The molecule has 0 bridgehead atoms. The highest BCUT2D eigenvalue weighted by molar-refractivity contribution is 7.15. The van der Waals surface area contributed by atoms with Gasteiger partial charge in [-0.15, -0.1) is 21.5 Å². The van der Waals surface area contributed by atoms with E-state index in [-0.39, 0.29) is 17.9 Å². The number of fused-ring (bicyclic) bond motifs is 1. The summed E-state index contributed by atoms with van der Waals surface area (Å²) >= 11 is 3.12. The molecule has 9 heteroatoms. The fourth-order valence-electron chi connectivity index (χ4n) is 3.29. The number of hydrogen-bond acceptors (Lipinski definition) is 7. The molecular formula is C21H24N6OS2. The predicted octanol–water partition coefficient (Wildman–Crippen LogP) is 5.58. The number of nitrogens with zero attached hydrogens (tertiary/aromatic N) is 5. The van der Waals surface area contributed by atoms with Crippen LogP contribution in [0, 0.1) is 13.8 Å². The molecule has 0 aliphatic heterocycles. The number of anilines is 1. The highest BCUT2D eigenvalue weighted by Gasteiger charge is 2.21. The van der Waals surface area contributed by atoms with Gasteiger partial charge in [0.25, 0.3) is 5.91 Å². The number of amides is 1. The Morgan fingerprint density at radius 1 is 1.10 bits per heavy atom. The summed E-state index contributed by atoms with van der Waals surface area (Å²) in [6.45, 7) is 12.4. The van der Waals surface area contributed by atoms with Crippen molar-refractivity contribution in [3.05, 3.63) is 38.7 Å². The Bertz CT molecular complexity index is 1230. The van der Waals surface area contributed by atoms with E-state index in [1.807, 2.05) is 10.7 Å². The number of carbonyl (C=O) groups is 1. The average Bonchev–Trinajstić information content (AvgIpc) is 3.38. The lowest BCUT2D eigenvalue weighted by Crippen LogP contribution is -2.13. The fourth-order valence-corrected chi connectivity index (χ4v) is 4.96. The number of aryl methyl sites for hydroxylation is 2. The fraction of sp³-hybridized carbons (Fsp3) is 0.381. The Morgan fingerprint density at radius 3 is 2.47 bits per heavy atom. The summed E-state index contributed by atoms with van der Waals surface area (Å²) in [5.41, 5.74) is 3.06. The van der Waals surface area contributed by atoms with Gasteiger partial charge >= 0.3 is 0 Å². The molecule has 0 radical (unpaired) electrons. The van der Waals surface area contributed by atoms with E-state index in [4.69, 9.17) is 4.98 Å². The SMILES string of the molecule is Cc1cc(-c2cc(C(=O)Nc3nnc(C(C)C)s3)c3cnn(C(C)C)c3n2)c(C)s1. The van der Waals surface area contributed by atoms with Crippen molar-refractivity contribution < 1.29 is 4.79 Å². The normalized spacial score (nSPS) is 11.7. The van der Waals surface area contributed by atoms with E-state index in [1.54, 1.807) is 17.5 Å². The number of carbonyl (C=O) groups excluding carboxylic acids is 1. The van der Waals surface area contributed by atoms with Gasteiger partial charge in [0.1, 0.15) is 5.01 Å². The standard InChI is InChI=1S/C21H24N6OS2/c1-10(2)20-25-26-21(30-20)24-19(28)15-8-17(14-7-12(5)29-13(14)6)23-18-16(15)9-22-27(18)11(3)4/h7-11H,1-6H3,(H,24,26,28). The topological polar surface area (TPSA) is 85.6 Å². The van der Waals surface area contributed by atoms with E-state index in [9.17, 15) is 4.79 Å². The number of pyridine rings is 1. The van der Waals surface area contributed by atoms with Crippen LogP contribution in [0.1, 0.15) is 64.8 Å². The highest BCUT2D eigenvalue weighted by Crippen LogP contribution is 2.33. The quantitative estimate of drug-likeness (QED) is 0.437. The van der Waals surface area contributed by atoms with Gasteiger partial charge in [-0.25, -0.2) is 9.67 Å². The maximum absolute atomic E-state index is 13.2. The van der Waals surface area contributed by atoms with Gasteiger partial charge in [-0.05, 0) is 39.8 Å². The average molecular weight is 441 g/mol. The van der Waals surface area contributed by atoms with Crippen molar-refractivity contribution >= 4 is 44.7 Å². The third kappa shape index (κ3) is 3.75. The molecule has 0 unspecified atom stereocenters. The lowest BCUT2D eigenvalue weighted by molar-refractivity contribution is 0.102. The molecule has 0 aromatic carbocycles. The number of rotatable bonds is 5. The molecule has 4 rings (SSSR count). The Labute approximate surface area is 183 Å². The second kappa shape index (κ2) is 7.88. The summed E-state index contributed by atoms with van der Waals surface area (Å²) in [7, 11) is 0. The van der Waals surface area contributed by atoms with E-state index in [0.717, 1.165) is 21.7 Å². The number of thiophene rings is 1. The van der Waals surface area contributed by atoms with Crippen molar-refractivity contribution in [3.63, 3.8) is 0 Å². The third-order valence-corrected chi connectivity index (χ3v) is 6.88. The van der Waals surface area contributed by atoms with Crippen LogP contribution >= 0.6 is 22.7 Å². The summed E-state index contributed by atoms with van der Waals surface area (Å²) < 4.78 is 1.85. The number of nitrogens with one attached hydrogen (secondary N) is 1. The minimum absolute atomic E-state index is 0.128. The molecule has 0 aliphatic rings. The second-order valence-corrected chi connectivity index (χ2v) is 10.3. The van der Waals surface area contributed by atoms with Gasteiger partial charge in [-0.1, -0.05) is 25.2 Å². The van der Waals surface area contributed by atoms with Crippen molar-refractivity contribution in [1.82, 2.24) is 25.0 Å². The minimum atomic E-state index is -0.233. The summed E-state index contributed by atoms with van der Waals surface area (Å²) in [6, 6.07) is 4.09. The van der Waals surface area contributed by atoms with Crippen molar-refractivity contribution in [2.75, 3.05) is 5.32 Å². The first-order valence-corrected chi connectivity index (χ1v) is 11.5. The first-order valence-electron chi connectivity index (χ1n) is 9.85. The van der Waals surface area contributed by atoms with Crippen LogP contribution in [0.2, 0.25) is 0 Å². The van der Waals surface area contributed by atoms with Gasteiger partial charge in [0.2, 0.25) is 5.13 Å². The van der Waals surface area contributed by atoms with Crippen molar-refractivity contribution in [2.45, 2.75) is 53.5 Å². The zero-order valence-electron chi connectivity index (χ0n) is 17.8.